The summed E-state index contributed by atoms with van der Waals surface area (Å²) in [4.78, 5) is 12.0. The number of hydrogen-bond donors (Lipinski definition) is 0. The summed E-state index contributed by atoms with van der Waals surface area (Å²) in [6.45, 7) is 9.27. The van der Waals surface area contributed by atoms with Crippen molar-refractivity contribution in [3.05, 3.63) is 11.6 Å². The molecule has 0 radical (unpaired) electrons. The maximum atomic E-state index is 12.9. The van der Waals surface area contributed by atoms with E-state index in [-0.39, 0.29) is 35.2 Å². The Morgan fingerprint density at radius 3 is 2.28 bits per heavy atom. The molecule has 0 amide bonds. The predicted octanol–water partition coefficient (Wildman–Crippen LogP) is 3.57. The van der Waals surface area contributed by atoms with Crippen LogP contribution in [0.3, 0.4) is 0 Å². The van der Waals surface area contributed by atoms with Gasteiger partial charge in [-0.05, 0) is 32.1 Å². The Morgan fingerprint density at radius 1 is 1.39 bits per heavy atom. The second-order valence-corrected chi connectivity index (χ2v) is 6.93. The third-order valence-corrected chi connectivity index (χ3v) is 3.71. The summed E-state index contributed by atoms with van der Waals surface area (Å²) >= 11 is 0. The number of allylic oxidation sites excluding steroid dienone is 2. The molecule has 2 aliphatic carbocycles. The van der Waals surface area contributed by atoms with Gasteiger partial charge < -0.3 is 4.74 Å². The second-order valence-electron chi connectivity index (χ2n) is 6.93. The molecular formula is C14H20F2O2. The first-order valence-corrected chi connectivity index (χ1v) is 6.27. The van der Waals surface area contributed by atoms with E-state index < -0.39 is 11.5 Å². The van der Waals surface area contributed by atoms with E-state index in [1.54, 1.807) is 6.08 Å². The molecule has 0 aliphatic heterocycles. The zero-order valence-corrected chi connectivity index (χ0v) is 11.5. The molecule has 2 aliphatic rings. The van der Waals surface area contributed by atoms with Gasteiger partial charge in [0, 0.05) is 12.0 Å². The molecule has 4 heteroatoms. The molecule has 0 saturated heterocycles. The Bertz CT molecular complexity index is 416. The van der Waals surface area contributed by atoms with Crippen molar-refractivity contribution in [2.45, 2.75) is 52.6 Å². The summed E-state index contributed by atoms with van der Waals surface area (Å²) in [6.07, 6.45) is 1.43. The molecule has 18 heavy (non-hydrogen) atoms. The van der Waals surface area contributed by atoms with E-state index in [0.29, 0.717) is 0 Å². The molecule has 2 nitrogen and oxygen atoms in total. The van der Waals surface area contributed by atoms with Crippen molar-refractivity contribution in [3.8, 4) is 0 Å². The van der Waals surface area contributed by atoms with Gasteiger partial charge in [-0.25, -0.2) is 8.78 Å². The van der Waals surface area contributed by atoms with Crippen LogP contribution in [0.4, 0.5) is 8.78 Å². The van der Waals surface area contributed by atoms with E-state index in [2.05, 4.69) is 0 Å². The van der Waals surface area contributed by atoms with Gasteiger partial charge in [-0.2, -0.15) is 0 Å². The standard InChI is InChI=1S/C14H20F2O2/c1-12(2,3)18-11(17)10-9(13(10,4)5)6-8-7-14(8,15)16/h6,9-10H,7H2,1-5H3/b8-6-/t9-,10-/m0/s1. The summed E-state index contributed by atoms with van der Waals surface area (Å²) in [7, 11) is 0. The van der Waals surface area contributed by atoms with Crippen molar-refractivity contribution >= 4 is 5.97 Å². The molecule has 2 atom stereocenters. The lowest BCUT2D eigenvalue weighted by Gasteiger charge is -2.19. The lowest BCUT2D eigenvalue weighted by molar-refractivity contribution is -0.157. The van der Waals surface area contributed by atoms with Crippen molar-refractivity contribution in [2.24, 2.45) is 17.3 Å². The number of carbonyl (C=O) groups is 1. The van der Waals surface area contributed by atoms with Gasteiger partial charge in [0.2, 0.25) is 0 Å². The van der Waals surface area contributed by atoms with E-state index in [9.17, 15) is 13.6 Å². The molecule has 102 valence electrons. The van der Waals surface area contributed by atoms with Gasteiger partial charge in [-0.1, -0.05) is 19.9 Å². The average Bonchev–Trinajstić information content (AvgIpc) is 2.85. The number of halogens is 2. The Kier molecular flexibility index (Phi) is 2.66. The zero-order chi connectivity index (χ0) is 13.9. The highest BCUT2D eigenvalue weighted by Gasteiger charge is 2.64. The van der Waals surface area contributed by atoms with Crippen LogP contribution in [0, 0.1) is 17.3 Å². The lowest BCUT2D eigenvalue weighted by Crippen LogP contribution is -2.26. The molecule has 0 N–H and O–H groups in total. The molecular weight excluding hydrogens is 238 g/mol. The van der Waals surface area contributed by atoms with Gasteiger partial charge in [0.15, 0.2) is 0 Å². The first-order valence-electron chi connectivity index (χ1n) is 6.27. The Morgan fingerprint density at radius 2 is 1.89 bits per heavy atom. The fraction of sp³-hybridized carbons (Fsp3) is 0.786. The van der Waals surface area contributed by atoms with Crippen molar-refractivity contribution in [2.75, 3.05) is 0 Å². The number of ether oxygens (including phenoxy) is 1. The van der Waals surface area contributed by atoms with Gasteiger partial charge in [-0.3, -0.25) is 4.79 Å². The van der Waals surface area contributed by atoms with E-state index >= 15 is 0 Å². The lowest BCUT2D eigenvalue weighted by atomic mass is 10.1. The first-order chi connectivity index (χ1) is 7.95. The van der Waals surface area contributed by atoms with E-state index in [1.165, 1.54) is 0 Å². The first kappa shape index (κ1) is 13.5. The predicted molar refractivity (Wildman–Crippen MR) is 64.3 cm³/mol. The van der Waals surface area contributed by atoms with Crippen LogP contribution in [0.15, 0.2) is 11.6 Å². The highest BCUT2D eigenvalue weighted by molar-refractivity contribution is 5.78. The largest absolute Gasteiger partial charge is 0.460 e. The fourth-order valence-electron chi connectivity index (χ4n) is 2.40. The number of rotatable bonds is 2. The SMILES string of the molecule is CC(C)(C)OC(=O)[C@@H]1[C@H](/C=C2/CC2(F)F)C1(C)C. The minimum absolute atomic E-state index is 0.115. The summed E-state index contributed by atoms with van der Waals surface area (Å²) in [5.74, 6) is -3.31. The van der Waals surface area contributed by atoms with Crippen LogP contribution in [-0.2, 0) is 9.53 Å². The number of carbonyl (C=O) groups excluding carboxylic acids is 1. The average molecular weight is 258 g/mol. The monoisotopic (exact) mass is 258 g/mol. The van der Waals surface area contributed by atoms with E-state index in [4.69, 9.17) is 4.74 Å². The number of esters is 1. The summed E-state index contributed by atoms with van der Waals surface area (Å²) in [6, 6.07) is 0. The highest BCUT2D eigenvalue weighted by atomic mass is 19.3. The van der Waals surface area contributed by atoms with Crippen molar-refractivity contribution < 1.29 is 18.3 Å². The summed E-state index contributed by atoms with van der Waals surface area (Å²) in [5.41, 5.74) is -0.628. The normalized spacial score (nSPS) is 34.3. The van der Waals surface area contributed by atoms with Gasteiger partial charge in [0.25, 0.3) is 5.92 Å². The molecule has 0 aromatic carbocycles. The minimum Gasteiger partial charge on any atom is -0.460 e. The van der Waals surface area contributed by atoms with Crippen LogP contribution in [0.1, 0.15) is 41.0 Å². The Labute approximate surface area is 106 Å². The van der Waals surface area contributed by atoms with Gasteiger partial charge in [0.05, 0.1) is 5.92 Å². The fourth-order valence-corrected chi connectivity index (χ4v) is 2.40. The smallest absolute Gasteiger partial charge is 0.310 e. The van der Waals surface area contributed by atoms with Crippen LogP contribution in [0.5, 0.6) is 0 Å². The molecule has 2 fully saturated rings. The quantitative estimate of drug-likeness (QED) is 0.559. The van der Waals surface area contributed by atoms with E-state index in [0.717, 1.165) is 0 Å². The topological polar surface area (TPSA) is 26.3 Å². The maximum absolute atomic E-state index is 12.9. The van der Waals surface area contributed by atoms with E-state index in [1.807, 2.05) is 34.6 Å². The molecule has 2 saturated carbocycles. The molecule has 0 heterocycles. The molecule has 0 unspecified atom stereocenters. The van der Waals surface area contributed by atoms with Crippen molar-refractivity contribution in [3.63, 3.8) is 0 Å². The molecule has 0 aromatic heterocycles. The molecule has 0 bridgehead atoms. The van der Waals surface area contributed by atoms with Gasteiger partial charge >= 0.3 is 5.97 Å². The van der Waals surface area contributed by atoms with Crippen LogP contribution in [0.2, 0.25) is 0 Å². The second kappa shape index (κ2) is 3.55. The summed E-state index contributed by atoms with van der Waals surface area (Å²) < 4.78 is 31.0. The third-order valence-electron chi connectivity index (χ3n) is 3.71. The van der Waals surface area contributed by atoms with Crippen LogP contribution >= 0.6 is 0 Å². The molecule has 0 aromatic rings. The third kappa shape index (κ3) is 2.43. The minimum atomic E-state index is -2.63. The van der Waals surface area contributed by atoms with Gasteiger partial charge in [0.1, 0.15) is 5.60 Å². The number of alkyl halides is 2. The molecule has 0 spiro atoms. The Balaban J connectivity index is 2.04. The molecule has 2 rings (SSSR count). The van der Waals surface area contributed by atoms with Crippen molar-refractivity contribution in [1.82, 2.24) is 0 Å². The van der Waals surface area contributed by atoms with Crippen LogP contribution in [0.25, 0.3) is 0 Å². The maximum Gasteiger partial charge on any atom is 0.310 e. The highest BCUT2D eigenvalue weighted by Crippen LogP contribution is 2.62. The number of hydrogen-bond acceptors (Lipinski definition) is 2. The van der Waals surface area contributed by atoms with Crippen LogP contribution in [-0.4, -0.2) is 17.5 Å². The summed E-state index contributed by atoms with van der Waals surface area (Å²) in [5, 5.41) is 0. The zero-order valence-electron chi connectivity index (χ0n) is 11.5. The van der Waals surface area contributed by atoms with Gasteiger partial charge in [-0.15, -0.1) is 0 Å². The van der Waals surface area contributed by atoms with Crippen LogP contribution < -0.4 is 0 Å². The Hall–Kier alpha value is -0.930. The van der Waals surface area contributed by atoms with Crippen molar-refractivity contribution in [1.29, 1.82) is 0 Å².